The van der Waals surface area contributed by atoms with Gasteiger partial charge in [0, 0.05) is 0 Å². The van der Waals surface area contributed by atoms with E-state index in [0.29, 0.717) is 35.1 Å². The van der Waals surface area contributed by atoms with E-state index in [4.69, 9.17) is 0 Å². The maximum absolute atomic E-state index is 15.8. The molecule has 9 rings (SSSR count). The second kappa shape index (κ2) is 17.6. The zero-order valence-corrected chi connectivity index (χ0v) is 37.5. The molecule has 0 bridgehead atoms. The van der Waals surface area contributed by atoms with Crippen molar-refractivity contribution in [3.63, 3.8) is 0 Å². The first-order chi connectivity index (χ1) is 31.4. The Labute approximate surface area is 382 Å². The summed E-state index contributed by atoms with van der Waals surface area (Å²) in [6.45, 7) is 8.02. The minimum atomic E-state index is -1.78. The van der Waals surface area contributed by atoms with Gasteiger partial charge < -0.3 is 20.8 Å². The van der Waals surface area contributed by atoms with Crippen molar-refractivity contribution in [1.82, 2.24) is 10.6 Å². The number of carbonyl (C=O) groups is 2. The molecule has 0 radical (unpaired) electrons. The van der Waals surface area contributed by atoms with Gasteiger partial charge in [0.2, 0.25) is 11.8 Å². The molecule has 8 aromatic rings. The standard InChI is InChI=1S/C59H56N2O4/c1-39-21-29-45(30-22-39)58(64,46-31-23-40(2)24-32-46)53(51-19-11-15-43-13-5-7-17-49(43)51)60-55(62)57(37-9-10-38-57)56(63)61-54(52-20-12-16-44-14-6-8-18-50(44)52)59(65,47-33-25-41(3)26-34-47)48-35-27-42(4)28-36-48/h5-8,11-36,53-54,64-65H,9-10,37-38H2,1-4H3,(H,60,62)(H,61,63)/t53-,54-/m0/s1. The summed E-state index contributed by atoms with van der Waals surface area (Å²) in [5, 5.41) is 37.8. The van der Waals surface area contributed by atoms with Crippen molar-refractivity contribution >= 4 is 33.4 Å². The SMILES string of the molecule is Cc1ccc(C(O)(c2ccc(C)cc2)[C@@H](NC(=O)C2(C(=O)N[C@@H](c3cccc4ccccc34)C(O)(c3ccc(C)cc3)c3ccc(C)cc3)CCCC2)c2cccc3ccccc23)cc1. The first kappa shape index (κ1) is 43.4. The van der Waals surface area contributed by atoms with Crippen LogP contribution in [0, 0.1) is 33.1 Å². The van der Waals surface area contributed by atoms with Gasteiger partial charge >= 0.3 is 0 Å². The molecular formula is C59H56N2O4. The van der Waals surface area contributed by atoms with Gasteiger partial charge in [-0.1, -0.05) is 217 Å². The average Bonchev–Trinajstić information content (AvgIpc) is 3.84. The molecule has 1 saturated carbocycles. The Balaban J connectivity index is 1.21. The van der Waals surface area contributed by atoms with Crippen LogP contribution in [0.25, 0.3) is 21.5 Å². The predicted octanol–water partition coefficient (Wildman–Crippen LogP) is 11.7. The number of carbonyl (C=O) groups excluding carboxylic acids is 2. The van der Waals surface area contributed by atoms with E-state index >= 15 is 9.59 Å². The average molecular weight is 857 g/mol. The summed E-state index contributed by atoms with van der Waals surface area (Å²) in [6, 6.07) is 56.9. The summed E-state index contributed by atoms with van der Waals surface area (Å²) >= 11 is 0. The van der Waals surface area contributed by atoms with Crippen LogP contribution in [-0.2, 0) is 20.8 Å². The number of fused-ring (bicyclic) bond motifs is 2. The molecule has 0 aliphatic heterocycles. The van der Waals surface area contributed by atoms with Crippen LogP contribution in [0.3, 0.4) is 0 Å². The number of aliphatic hydroxyl groups is 2. The van der Waals surface area contributed by atoms with Crippen LogP contribution in [-0.4, -0.2) is 22.0 Å². The highest BCUT2D eigenvalue weighted by Gasteiger charge is 2.53. The van der Waals surface area contributed by atoms with E-state index in [0.717, 1.165) is 54.9 Å². The molecule has 2 atom stereocenters. The van der Waals surface area contributed by atoms with E-state index in [2.05, 4.69) is 10.6 Å². The lowest BCUT2D eigenvalue weighted by Gasteiger charge is -2.42. The van der Waals surface area contributed by atoms with Crippen LogP contribution in [0.2, 0.25) is 0 Å². The van der Waals surface area contributed by atoms with E-state index in [-0.39, 0.29) is 12.8 Å². The van der Waals surface area contributed by atoms with Gasteiger partial charge in [0.25, 0.3) is 0 Å². The second-order valence-electron chi connectivity index (χ2n) is 18.2. The van der Waals surface area contributed by atoms with Gasteiger partial charge in [-0.3, -0.25) is 9.59 Å². The Morgan fingerprint density at radius 3 is 1.05 bits per heavy atom. The second-order valence-corrected chi connectivity index (χ2v) is 18.2. The molecule has 0 saturated heterocycles. The maximum atomic E-state index is 15.8. The van der Waals surface area contributed by atoms with Crippen LogP contribution >= 0.6 is 0 Å². The Morgan fingerprint density at radius 2 is 0.723 bits per heavy atom. The Bertz CT molecular complexity index is 2690. The fourth-order valence-corrected chi connectivity index (χ4v) is 10.1. The minimum absolute atomic E-state index is 0.288. The number of nitrogens with one attached hydrogen (secondary N) is 2. The van der Waals surface area contributed by atoms with Crippen LogP contribution in [0.15, 0.2) is 182 Å². The van der Waals surface area contributed by atoms with Crippen molar-refractivity contribution < 1.29 is 19.8 Å². The zero-order valence-electron chi connectivity index (χ0n) is 37.5. The minimum Gasteiger partial charge on any atom is -0.378 e. The molecule has 1 aliphatic carbocycles. The first-order valence-corrected chi connectivity index (χ1v) is 22.7. The van der Waals surface area contributed by atoms with Crippen molar-refractivity contribution in [2.24, 2.45) is 5.41 Å². The molecule has 0 spiro atoms. The third kappa shape index (κ3) is 7.92. The van der Waals surface area contributed by atoms with Gasteiger partial charge in [0.05, 0.1) is 12.1 Å². The van der Waals surface area contributed by atoms with E-state index < -0.39 is 40.5 Å². The Morgan fingerprint density at radius 1 is 0.431 bits per heavy atom. The summed E-state index contributed by atoms with van der Waals surface area (Å²) in [6.07, 6.45) is 1.88. The number of rotatable bonds is 12. The Kier molecular flexibility index (Phi) is 11.8. The third-order valence-corrected chi connectivity index (χ3v) is 13.9. The summed E-state index contributed by atoms with van der Waals surface area (Å²) in [5.74, 6) is -0.956. The van der Waals surface area contributed by atoms with Crippen LogP contribution in [0.4, 0.5) is 0 Å². The molecule has 65 heavy (non-hydrogen) atoms. The number of amides is 2. The molecule has 1 aliphatic rings. The van der Waals surface area contributed by atoms with Gasteiger partial charge in [-0.25, -0.2) is 0 Å². The van der Waals surface area contributed by atoms with Gasteiger partial charge in [-0.15, -0.1) is 0 Å². The lowest BCUT2D eigenvalue weighted by atomic mass is 9.74. The molecule has 0 unspecified atom stereocenters. The van der Waals surface area contributed by atoms with Crippen molar-refractivity contribution in [1.29, 1.82) is 0 Å². The van der Waals surface area contributed by atoms with E-state index in [1.165, 1.54) is 0 Å². The molecule has 326 valence electrons. The predicted molar refractivity (Wildman–Crippen MR) is 261 cm³/mol. The lowest BCUT2D eigenvalue weighted by Crippen LogP contribution is -2.56. The maximum Gasteiger partial charge on any atom is 0.236 e. The molecular weight excluding hydrogens is 801 g/mol. The quantitative estimate of drug-likeness (QED) is 0.0920. The molecule has 0 aromatic heterocycles. The monoisotopic (exact) mass is 856 g/mol. The molecule has 0 heterocycles. The summed E-state index contributed by atoms with van der Waals surface area (Å²) < 4.78 is 0. The Hall–Kier alpha value is -6.86. The number of benzene rings is 8. The molecule has 6 nitrogen and oxygen atoms in total. The van der Waals surface area contributed by atoms with Gasteiger partial charge in [-0.05, 0) is 95.5 Å². The van der Waals surface area contributed by atoms with Crippen LogP contribution in [0.5, 0.6) is 0 Å². The highest BCUT2D eigenvalue weighted by Crippen LogP contribution is 2.48. The molecule has 1 fully saturated rings. The fraction of sp³-hybridized carbons (Fsp3) is 0.220. The molecule has 8 aromatic carbocycles. The van der Waals surface area contributed by atoms with Crippen molar-refractivity contribution in [2.45, 2.75) is 76.7 Å². The van der Waals surface area contributed by atoms with E-state index in [1.54, 1.807) is 0 Å². The van der Waals surface area contributed by atoms with Gasteiger partial charge in [0.1, 0.15) is 16.6 Å². The van der Waals surface area contributed by atoms with Gasteiger partial charge in [0.15, 0.2) is 0 Å². The van der Waals surface area contributed by atoms with Crippen molar-refractivity contribution in [2.75, 3.05) is 0 Å². The van der Waals surface area contributed by atoms with Crippen LogP contribution in [0.1, 0.15) is 93.4 Å². The number of hydrogen-bond acceptors (Lipinski definition) is 4. The number of hydrogen-bond donors (Lipinski definition) is 4. The molecule has 4 N–H and O–H groups in total. The molecule has 2 amide bonds. The van der Waals surface area contributed by atoms with Crippen molar-refractivity contribution in [3.05, 3.63) is 238 Å². The van der Waals surface area contributed by atoms with Crippen LogP contribution < -0.4 is 10.6 Å². The normalized spacial score (nSPS) is 14.8. The molecule has 6 heteroatoms. The number of aryl methyl sites for hydroxylation is 4. The third-order valence-electron chi connectivity index (χ3n) is 13.9. The fourth-order valence-electron chi connectivity index (χ4n) is 10.1. The first-order valence-electron chi connectivity index (χ1n) is 22.7. The van der Waals surface area contributed by atoms with E-state index in [1.807, 2.05) is 210 Å². The highest BCUT2D eigenvalue weighted by atomic mass is 16.3. The smallest absolute Gasteiger partial charge is 0.236 e. The zero-order chi connectivity index (χ0) is 45.3. The lowest BCUT2D eigenvalue weighted by molar-refractivity contribution is -0.146. The largest absolute Gasteiger partial charge is 0.378 e. The summed E-state index contributed by atoms with van der Waals surface area (Å²) in [4.78, 5) is 31.6. The highest BCUT2D eigenvalue weighted by molar-refractivity contribution is 6.06. The summed E-state index contributed by atoms with van der Waals surface area (Å²) in [7, 11) is 0. The summed E-state index contributed by atoms with van der Waals surface area (Å²) in [5.41, 5.74) is 2.88. The topological polar surface area (TPSA) is 98.7 Å². The van der Waals surface area contributed by atoms with Gasteiger partial charge in [-0.2, -0.15) is 0 Å². The van der Waals surface area contributed by atoms with E-state index in [9.17, 15) is 10.2 Å². The van der Waals surface area contributed by atoms with Crippen molar-refractivity contribution in [3.8, 4) is 0 Å².